The van der Waals surface area contributed by atoms with Crippen LogP contribution in [-0.4, -0.2) is 49.4 Å². The Morgan fingerprint density at radius 3 is 2.37 bits per heavy atom. The molecular formula is C29H31N3O3. The lowest BCUT2D eigenvalue weighted by Crippen LogP contribution is -2.52. The summed E-state index contributed by atoms with van der Waals surface area (Å²) >= 11 is 0. The molecule has 1 saturated heterocycles. The summed E-state index contributed by atoms with van der Waals surface area (Å²) in [6.07, 6.45) is 4.81. The van der Waals surface area contributed by atoms with Gasteiger partial charge in [0.05, 0.1) is 12.8 Å². The minimum Gasteiger partial charge on any atom is -0.495 e. The van der Waals surface area contributed by atoms with E-state index in [1.165, 1.54) is 0 Å². The van der Waals surface area contributed by atoms with Gasteiger partial charge in [0.25, 0.3) is 0 Å². The average molecular weight is 470 g/mol. The van der Waals surface area contributed by atoms with Crippen molar-refractivity contribution in [2.24, 2.45) is 0 Å². The molecule has 4 aromatic rings. The van der Waals surface area contributed by atoms with Crippen molar-refractivity contribution < 1.29 is 13.9 Å². The smallest absolute Gasteiger partial charge is 0.220 e. The van der Waals surface area contributed by atoms with E-state index in [1.807, 2.05) is 66.7 Å². The van der Waals surface area contributed by atoms with Crippen LogP contribution in [0.4, 0.5) is 5.69 Å². The number of rotatable bonds is 8. The summed E-state index contributed by atoms with van der Waals surface area (Å²) in [4.78, 5) is 9.35. The SMILES string of the molecule is CCC(Oc1ccccc1/C=C/c1nc2ccccc2o1)N1CCN(c2ccccc2OC)CC1. The number of aromatic nitrogens is 1. The van der Waals surface area contributed by atoms with Crippen LogP contribution in [0.25, 0.3) is 23.3 Å². The van der Waals surface area contributed by atoms with Gasteiger partial charge in [0.15, 0.2) is 11.8 Å². The predicted molar refractivity (Wildman–Crippen MR) is 141 cm³/mol. The number of oxazole rings is 1. The topological polar surface area (TPSA) is 51.0 Å². The molecule has 0 radical (unpaired) electrons. The normalized spacial score (nSPS) is 15.5. The molecular weight excluding hydrogens is 438 g/mol. The second kappa shape index (κ2) is 10.7. The highest BCUT2D eigenvalue weighted by Gasteiger charge is 2.25. The molecule has 3 aromatic carbocycles. The van der Waals surface area contributed by atoms with E-state index in [9.17, 15) is 0 Å². The Labute approximate surface area is 206 Å². The van der Waals surface area contributed by atoms with Gasteiger partial charge in [0, 0.05) is 37.8 Å². The molecule has 35 heavy (non-hydrogen) atoms. The molecule has 0 saturated carbocycles. The molecule has 0 spiro atoms. The number of benzene rings is 3. The van der Waals surface area contributed by atoms with E-state index in [0.29, 0.717) is 5.89 Å². The van der Waals surface area contributed by atoms with Crippen molar-refractivity contribution in [1.82, 2.24) is 9.88 Å². The van der Waals surface area contributed by atoms with Gasteiger partial charge < -0.3 is 18.8 Å². The van der Waals surface area contributed by atoms with E-state index >= 15 is 0 Å². The predicted octanol–water partition coefficient (Wildman–Crippen LogP) is 5.94. The third-order valence-corrected chi connectivity index (χ3v) is 6.39. The average Bonchev–Trinajstić information content (AvgIpc) is 3.34. The Morgan fingerprint density at radius 1 is 0.886 bits per heavy atom. The molecule has 1 unspecified atom stereocenters. The molecule has 0 bridgehead atoms. The summed E-state index contributed by atoms with van der Waals surface area (Å²) in [6, 6.07) is 24.1. The first-order chi connectivity index (χ1) is 17.2. The fourth-order valence-electron chi connectivity index (χ4n) is 4.55. The van der Waals surface area contributed by atoms with Crippen LogP contribution in [-0.2, 0) is 0 Å². The lowest BCUT2D eigenvalue weighted by molar-refractivity contribution is 0.0183. The van der Waals surface area contributed by atoms with Crippen molar-refractivity contribution in [3.63, 3.8) is 0 Å². The quantitative estimate of drug-likeness (QED) is 0.318. The van der Waals surface area contributed by atoms with Crippen LogP contribution in [0.2, 0.25) is 0 Å². The number of anilines is 1. The van der Waals surface area contributed by atoms with Gasteiger partial charge in [-0.1, -0.05) is 49.4 Å². The van der Waals surface area contributed by atoms with Gasteiger partial charge in [-0.2, -0.15) is 0 Å². The van der Waals surface area contributed by atoms with Crippen molar-refractivity contribution in [3.05, 3.63) is 84.3 Å². The van der Waals surface area contributed by atoms with Crippen molar-refractivity contribution >= 4 is 28.9 Å². The largest absolute Gasteiger partial charge is 0.495 e. The summed E-state index contributed by atoms with van der Waals surface area (Å²) in [6.45, 7) is 5.89. The Hall–Kier alpha value is -3.77. The Morgan fingerprint density at radius 2 is 1.60 bits per heavy atom. The first-order valence-corrected chi connectivity index (χ1v) is 12.2. The number of methoxy groups -OCH3 is 1. The number of ether oxygens (including phenoxy) is 2. The first-order valence-electron chi connectivity index (χ1n) is 12.2. The monoisotopic (exact) mass is 469 g/mol. The first kappa shape index (κ1) is 23.0. The molecule has 1 aromatic heterocycles. The number of fused-ring (bicyclic) bond motifs is 1. The van der Waals surface area contributed by atoms with Crippen LogP contribution in [0, 0.1) is 0 Å². The van der Waals surface area contributed by atoms with Gasteiger partial charge in [-0.15, -0.1) is 0 Å². The van der Waals surface area contributed by atoms with Crippen molar-refractivity contribution in [3.8, 4) is 11.5 Å². The van der Waals surface area contributed by atoms with E-state index in [1.54, 1.807) is 7.11 Å². The Kier molecular flexibility index (Phi) is 7.00. The summed E-state index contributed by atoms with van der Waals surface area (Å²) in [7, 11) is 1.73. The molecule has 1 aliphatic rings. The third kappa shape index (κ3) is 5.17. The van der Waals surface area contributed by atoms with Gasteiger partial charge in [-0.05, 0) is 42.8 Å². The summed E-state index contributed by atoms with van der Waals surface area (Å²) in [5.74, 6) is 2.36. The maximum atomic E-state index is 6.55. The molecule has 1 atom stereocenters. The molecule has 0 N–H and O–H groups in total. The molecule has 0 aliphatic carbocycles. The lowest BCUT2D eigenvalue weighted by Gasteiger charge is -2.40. The molecule has 5 rings (SSSR count). The summed E-state index contributed by atoms with van der Waals surface area (Å²) in [5.41, 5.74) is 3.80. The maximum absolute atomic E-state index is 6.55. The summed E-state index contributed by atoms with van der Waals surface area (Å²) < 4.78 is 17.9. The van der Waals surface area contributed by atoms with Crippen LogP contribution in [0.5, 0.6) is 11.5 Å². The van der Waals surface area contributed by atoms with Crippen LogP contribution < -0.4 is 14.4 Å². The van der Waals surface area contributed by atoms with Crippen molar-refractivity contribution in [2.75, 3.05) is 38.2 Å². The number of para-hydroxylation sites is 5. The molecule has 1 aliphatic heterocycles. The fourth-order valence-corrected chi connectivity index (χ4v) is 4.55. The Bertz CT molecular complexity index is 1260. The van der Waals surface area contributed by atoms with E-state index in [-0.39, 0.29) is 6.23 Å². The van der Waals surface area contributed by atoms with Crippen LogP contribution in [0.15, 0.2) is 77.2 Å². The molecule has 6 nitrogen and oxygen atoms in total. The van der Waals surface area contributed by atoms with E-state index < -0.39 is 0 Å². The van der Waals surface area contributed by atoms with E-state index in [0.717, 1.165) is 66.4 Å². The molecule has 0 amide bonds. The molecule has 180 valence electrons. The lowest BCUT2D eigenvalue weighted by atomic mass is 10.2. The number of piperazine rings is 1. The van der Waals surface area contributed by atoms with Gasteiger partial charge in [0.2, 0.25) is 5.89 Å². The van der Waals surface area contributed by atoms with Gasteiger partial charge in [0.1, 0.15) is 17.0 Å². The standard InChI is InChI=1S/C29H31N3O3/c1-3-29(32-20-18-31(19-21-32)24-12-6-9-15-27(24)33-2)35-25-13-7-4-10-22(25)16-17-28-30-23-11-5-8-14-26(23)34-28/h4-17,29H,3,18-21H2,1-2H3/b17-16+. The maximum Gasteiger partial charge on any atom is 0.220 e. The highest BCUT2D eigenvalue weighted by molar-refractivity contribution is 5.76. The van der Waals surface area contributed by atoms with Crippen LogP contribution >= 0.6 is 0 Å². The fraction of sp³-hybridized carbons (Fsp3) is 0.276. The van der Waals surface area contributed by atoms with Crippen molar-refractivity contribution in [1.29, 1.82) is 0 Å². The highest BCUT2D eigenvalue weighted by atomic mass is 16.5. The number of hydrogen-bond donors (Lipinski definition) is 0. The third-order valence-electron chi connectivity index (χ3n) is 6.39. The van der Waals surface area contributed by atoms with Gasteiger partial charge in [-0.3, -0.25) is 4.90 Å². The second-order valence-corrected chi connectivity index (χ2v) is 8.57. The van der Waals surface area contributed by atoms with E-state index in [4.69, 9.17) is 13.9 Å². The second-order valence-electron chi connectivity index (χ2n) is 8.57. The molecule has 6 heteroatoms. The zero-order valence-electron chi connectivity index (χ0n) is 20.3. The van der Waals surface area contributed by atoms with Crippen molar-refractivity contribution in [2.45, 2.75) is 19.6 Å². The minimum atomic E-state index is 0.00805. The van der Waals surface area contributed by atoms with Gasteiger partial charge in [-0.25, -0.2) is 4.98 Å². The van der Waals surface area contributed by atoms with E-state index in [2.05, 4.69) is 39.9 Å². The zero-order valence-corrected chi connectivity index (χ0v) is 20.3. The van der Waals surface area contributed by atoms with Crippen LogP contribution in [0.1, 0.15) is 24.8 Å². The zero-order chi connectivity index (χ0) is 24.0. The highest BCUT2D eigenvalue weighted by Crippen LogP contribution is 2.29. The summed E-state index contributed by atoms with van der Waals surface area (Å²) in [5, 5.41) is 0. The molecule has 2 heterocycles. The van der Waals surface area contributed by atoms with Crippen LogP contribution in [0.3, 0.4) is 0 Å². The Balaban J connectivity index is 1.26. The number of hydrogen-bond acceptors (Lipinski definition) is 6. The minimum absolute atomic E-state index is 0.00805. The van der Waals surface area contributed by atoms with Gasteiger partial charge >= 0.3 is 0 Å². The molecule has 1 fully saturated rings. The number of nitrogens with zero attached hydrogens (tertiary/aromatic N) is 3.